The molecule has 2 aromatic rings. The van der Waals surface area contributed by atoms with Gasteiger partial charge in [0.15, 0.2) is 0 Å². The van der Waals surface area contributed by atoms with Gasteiger partial charge in [0.1, 0.15) is 0 Å². The first kappa shape index (κ1) is 20.4. The van der Waals surface area contributed by atoms with Gasteiger partial charge in [-0.25, -0.2) is 8.42 Å². The summed E-state index contributed by atoms with van der Waals surface area (Å²) in [6.45, 7) is 4.53. The molecule has 0 aliphatic carbocycles. The molecule has 0 radical (unpaired) electrons. The van der Waals surface area contributed by atoms with Crippen molar-refractivity contribution in [3.05, 3.63) is 59.7 Å². The van der Waals surface area contributed by atoms with E-state index in [2.05, 4.69) is 5.32 Å². The molecule has 0 bridgehead atoms. The lowest BCUT2D eigenvalue weighted by Crippen LogP contribution is -2.43. The number of nitrogens with zero attached hydrogens (tertiary/aromatic N) is 1. The van der Waals surface area contributed by atoms with E-state index < -0.39 is 16.1 Å². The lowest BCUT2D eigenvalue weighted by atomic mass is 10.1. The maximum Gasteiger partial charge on any atom is 0.264 e. The minimum atomic E-state index is -3.78. The number of aryl methyl sites for hydroxylation is 2. The second kappa shape index (κ2) is 8.78. The number of hydrogen-bond donors (Lipinski definition) is 1. The van der Waals surface area contributed by atoms with Crippen molar-refractivity contribution in [2.75, 3.05) is 10.8 Å². The number of anilines is 1. The van der Waals surface area contributed by atoms with E-state index >= 15 is 0 Å². The third-order valence-electron chi connectivity index (χ3n) is 5.12. The number of carbonyl (C=O) groups is 1. The number of amides is 1. The standard InChI is InChI=1S/C22H28N2O3S/c1-3-15-23-22(25)16-19-9-6-8-18-7-4-5-10-21(18)24(19)28(26,27)20-13-11-17(2)12-14-20/h4-5,7,10-14,19H,3,6,8-9,15-16H2,1-2H3,(H,23,25). The summed E-state index contributed by atoms with van der Waals surface area (Å²) in [5, 5.41) is 2.88. The zero-order chi connectivity index (χ0) is 20.1. The molecule has 1 unspecified atom stereocenters. The van der Waals surface area contributed by atoms with Crippen LogP contribution in [0.3, 0.4) is 0 Å². The lowest BCUT2D eigenvalue weighted by molar-refractivity contribution is -0.121. The van der Waals surface area contributed by atoms with Crippen LogP contribution in [-0.4, -0.2) is 26.9 Å². The molecule has 5 nitrogen and oxygen atoms in total. The molecule has 1 aliphatic rings. The van der Waals surface area contributed by atoms with Gasteiger partial charge in [-0.05, 0) is 56.4 Å². The number of nitrogens with one attached hydrogen (secondary N) is 1. The summed E-state index contributed by atoms with van der Waals surface area (Å²) < 4.78 is 28.7. The van der Waals surface area contributed by atoms with E-state index in [0.29, 0.717) is 18.7 Å². The van der Waals surface area contributed by atoms with Crippen LogP contribution in [0.4, 0.5) is 5.69 Å². The highest BCUT2D eigenvalue weighted by Gasteiger charge is 2.35. The van der Waals surface area contributed by atoms with Gasteiger partial charge in [-0.15, -0.1) is 0 Å². The van der Waals surface area contributed by atoms with E-state index in [-0.39, 0.29) is 17.2 Å². The first-order valence-electron chi connectivity index (χ1n) is 9.89. The van der Waals surface area contributed by atoms with Crippen molar-refractivity contribution in [3.8, 4) is 0 Å². The van der Waals surface area contributed by atoms with Crippen LogP contribution in [0.1, 0.15) is 43.7 Å². The van der Waals surface area contributed by atoms with Gasteiger partial charge < -0.3 is 5.32 Å². The van der Waals surface area contributed by atoms with Gasteiger partial charge in [0.05, 0.1) is 16.6 Å². The molecule has 1 atom stereocenters. The van der Waals surface area contributed by atoms with E-state index in [4.69, 9.17) is 0 Å². The third-order valence-corrected chi connectivity index (χ3v) is 7.00. The Labute approximate surface area is 167 Å². The summed E-state index contributed by atoms with van der Waals surface area (Å²) in [5.41, 5.74) is 2.70. The summed E-state index contributed by atoms with van der Waals surface area (Å²) in [4.78, 5) is 12.7. The third kappa shape index (κ3) is 4.38. The van der Waals surface area contributed by atoms with Crippen molar-refractivity contribution in [1.82, 2.24) is 5.32 Å². The van der Waals surface area contributed by atoms with Crippen LogP contribution in [0.25, 0.3) is 0 Å². The number of hydrogen-bond acceptors (Lipinski definition) is 3. The van der Waals surface area contributed by atoms with Gasteiger partial charge in [-0.3, -0.25) is 9.10 Å². The van der Waals surface area contributed by atoms with Crippen molar-refractivity contribution < 1.29 is 13.2 Å². The largest absolute Gasteiger partial charge is 0.356 e. The van der Waals surface area contributed by atoms with Gasteiger partial charge in [-0.1, -0.05) is 42.8 Å². The average molecular weight is 401 g/mol. The molecule has 3 rings (SSSR count). The fraction of sp³-hybridized carbons (Fsp3) is 0.409. The molecular weight excluding hydrogens is 372 g/mol. The molecule has 0 aromatic heterocycles. The number of fused-ring (bicyclic) bond motifs is 1. The second-order valence-corrected chi connectivity index (χ2v) is 9.16. The number of benzene rings is 2. The molecular formula is C22H28N2O3S. The zero-order valence-electron chi connectivity index (χ0n) is 16.5. The summed E-state index contributed by atoms with van der Waals surface area (Å²) in [6.07, 6.45) is 3.33. The van der Waals surface area contributed by atoms with Crippen molar-refractivity contribution in [2.45, 2.75) is 56.9 Å². The quantitative estimate of drug-likeness (QED) is 0.802. The Bertz CT molecular complexity index is 923. The Balaban J connectivity index is 2.04. The fourth-order valence-corrected chi connectivity index (χ4v) is 5.38. The van der Waals surface area contributed by atoms with Crippen molar-refractivity contribution in [2.24, 2.45) is 0 Å². The van der Waals surface area contributed by atoms with Gasteiger partial charge in [0.25, 0.3) is 10.0 Å². The van der Waals surface area contributed by atoms with Crippen molar-refractivity contribution >= 4 is 21.6 Å². The van der Waals surface area contributed by atoms with Crippen LogP contribution in [-0.2, 0) is 21.2 Å². The van der Waals surface area contributed by atoms with E-state index in [1.54, 1.807) is 24.3 Å². The second-order valence-electron chi connectivity index (χ2n) is 7.34. The predicted octanol–water partition coefficient (Wildman–Crippen LogP) is 3.81. The van der Waals surface area contributed by atoms with E-state index in [9.17, 15) is 13.2 Å². The van der Waals surface area contributed by atoms with Crippen LogP contribution in [0.2, 0.25) is 0 Å². The molecule has 0 fully saturated rings. The number of rotatable bonds is 6. The van der Waals surface area contributed by atoms with Gasteiger partial charge in [0, 0.05) is 13.0 Å². The molecule has 1 N–H and O–H groups in total. The van der Waals surface area contributed by atoms with Crippen LogP contribution < -0.4 is 9.62 Å². The first-order valence-corrected chi connectivity index (χ1v) is 11.3. The van der Waals surface area contributed by atoms with Crippen molar-refractivity contribution in [3.63, 3.8) is 0 Å². The van der Waals surface area contributed by atoms with E-state index in [0.717, 1.165) is 30.4 Å². The van der Waals surface area contributed by atoms with Crippen LogP contribution in [0, 0.1) is 6.92 Å². The normalized spacial score (nSPS) is 16.9. The highest BCUT2D eigenvalue weighted by Crippen LogP contribution is 2.35. The molecule has 0 spiro atoms. The fourth-order valence-electron chi connectivity index (χ4n) is 3.66. The SMILES string of the molecule is CCCNC(=O)CC1CCCc2ccccc2N1S(=O)(=O)c1ccc(C)cc1. The monoisotopic (exact) mass is 400 g/mol. The van der Waals surface area contributed by atoms with Gasteiger partial charge >= 0.3 is 0 Å². The predicted molar refractivity (Wildman–Crippen MR) is 112 cm³/mol. The summed E-state index contributed by atoms with van der Waals surface area (Å²) in [6, 6.07) is 14.1. The summed E-state index contributed by atoms with van der Waals surface area (Å²) in [5.74, 6) is -0.102. The van der Waals surface area contributed by atoms with Crippen molar-refractivity contribution in [1.29, 1.82) is 0 Å². The molecule has 6 heteroatoms. The Morgan fingerprint density at radius 1 is 1.14 bits per heavy atom. The number of sulfonamides is 1. The molecule has 28 heavy (non-hydrogen) atoms. The Morgan fingerprint density at radius 3 is 2.57 bits per heavy atom. The zero-order valence-corrected chi connectivity index (χ0v) is 17.3. The Morgan fingerprint density at radius 2 is 1.86 bits per heavy atom. The molecule has 0 saturated carbocycles. The topological polar surface area (TPSA) is 66.5 Å². The molecule has 1 amide bonds. The molecule has 2 aromatic carbocycles. The number of para-hydroxylation sites is 1. The molecule has 150 valence electrons. The average Bonchev–Trinajstić information content (AvgIpc) is 2.86. The maximum absolute atomic E-state index is 13.6. The summed E-state index contributed by atoms with van der Waals surface area (Å²) in [7, 11) is -3.78. The van der Waals surface area contributed by atoms with Gasteiger partial charge in [0.2, 0.25) is 5.91 Å². The van der Waals surface area contributed by atoms with E-state index in [1.807, 2.05) is 38.1 Å². The maximum atomic E-state index is 13.6. The minimum absolute atomic E-state index is 0.102. The van der Waals surface area contributed by atoms with Crippen LogP contribution in [0.5, 0.6) is 0 Å². The molecule has 1 aliphatic heterocycles. The Kier molecular flexibility index (Phi) is 6.39. The smallest absolute Gasteiger partial charge is 0.264 e. The van der Waals surface area contributed by atoms with E-state index in [1.165, 1.54) is 4.31 Å². The van der Waals surface area contributed by atoms with Crippen LogP contribution in [0.15, 0.2) is 53.4 Å². The Hall–Kier alpha value is -2.34. The molecule has 0 saturated heterocycles. The highest BCUT2D eigenvalue weighted by molar-refractivity contribution is 7.92. The van der Waals surface area contributed by atoms with Gasteiger partial charge in [-0.2, -0.15) is 0 Å². The molecule has 1 heterocycles. The number of carbonyl (C=O) groups excluding carboxylic acids is 1. The lowest BCUT2D eigenvalue weighted by Gasteiger charge is -2.32. The minimum Gasteiger partial charge on any atom is -0.356 e. The summed E-state index contributed by atoms with van der Waals surface area (Å²) >= 11 is 0. The van der Waals surface area contributed by atoms with Crippen LogP contribution >= 0.6 is 0 Å². The first-order chi connectivity index (χ1) is 13.4. The highest BCUT2D eigenvalue weighted by atomic mass is 32.2.